The maximum atomic E-state index is 12.1. The summed E-state index contributed by atoms with van der Waals surface area (Å²) in [6, 6.07) is 6.61. The van der Waals surface area contributed by atoms with Crippen LogP contribution in [0.15, 0.2) is 24.3 Å². The van der Waals surface area contributed by atoms with Gasteiger partial charge in [0, 0.05) is 18.8 Å². The Balaban J connectivity index is 0.00000264. The standard InChI is InChI=1S/C14H21N3O4S.ClH/c1-2-8-22(19,20)17-12-5-3-4-11(9-12)16-14(18)13-10-15-6-7-21-13;/h3-5,9,13,15,17H,2,6-8,10H2,1H3,(H,16,18);1H. The Morgan fingerprint density at radius 1 is 1.39 bits per heavy atom. The number of halogens is 1. The highest BCUT2D eigenvalue weighted by atomic mass is 35.5. The summed E-state index contributed by atoms with van der Waals surface area (Å²) >= 11 is 0. The van der Waals surface area contributed by atoms with Crippen LogP contribution in [0.5, 0.6) is 0 Å². The van der Waals surface area contributed by atoms with Gasteiger partial charge in [-0.1, -0.05) is 13.0 Å². The molecule has 1 aliphatic rings. The third-order valence-electron chi connectivity index (χ3n) is 3.10. The van der Waals surface area contributed by atoms with E-state index in [1.807, 2.05) is 0 Å². The molecule has 23 heavy (non-hydrogen) atoms. The number of amides is 1. The van der Waals surface area contributed by atoms with Crippen molar-refractivity contribution in [3.8, 4) is 0 Å². The van der Waals surface area contributed by atoms with Crippen molar-refractivity contribution in [2.75, 3.05) is 35.5 Å². The lowest BCUT2D eigenvalue weighted by atomic mass is 10.2. The summed E-state index contributed by atoms with van der Waals surface area (Å²) in [5, 5.41) is 5.81. The van der Waals surface area contributed by atoms with Gasteiger partial charge in [-0.15, -0.1) is 12.4 Å². The first-order chi connectivity index (χ1) is 10.5. The highest BCUT2D eigenvalue weighted by Gasteiger charge is 2.21. The van der Waals surface area contributed by atoms with Crippen molar-refractivity contribution in [2.24, 2.45) is 0 Å². The first-order valence-electron chi connectivity index (χ1n) is 7.24. The summed E-state index contributed by atoms with van der Waals surface area (Å²) in [6.07, 6.45) is 0.00631. The van der Waals surface area contributed by atoms with Crippen LogP contribution in [0.25, 0.3) is 0 Å². The zero-order chi connectivity index (χ0) is 16.0. The number of carbonyl (C=O) groups is 1. The number of anilines is 2. The molecule has 130 valence electrons. The van der Waals surface area contributed by atoms with Gasteiger partial charge in [-0.3, -0.25) is 9.52 Å². The third-order valence-corrected chi connectivity index (χ3v) is 4.59. The molecule has 3 N–H and O–H groups in total. The molecular formula is C14H22ClN3O4S. The van der Waals surface area contributed by atoms with Gasteiger partial charge in [0.2, 0.25) is 10.0 Å². The van der Waals surface area contributed by atoms with Crippen LogP contribution in [0, 0.1) is 0 Å². The molecule has 1 aliphatic heterocycles. The van der Waals surface area contributed by atoms with Gasteiger partial charge in [-0.2, -0.15) is 0 Å². The molecule has 0 saturated carbocycles. The average Bonchev–Trinajstić information content (AvgIpc) is 2.48. The summed E-state index contributed by atoms with van der Waals surface area (Å²) in [6.45, 7) is 3.50. The van der Waals surface area contributed by atoms with Crippen molar-refractivity contribution >= 4 is 39.7 Å². The predicted molar refractivity (Wildman–Crippen MR) is 92.6 cm³/mol. The number of nitrogens with one attached hydrogen (secondary N) is 3. The molecule has 2 rings (SSSR count). The Labute approximate surface area is 142 Å². The maximum absolute atomic E-state index is 12.1. The van der Waals surface area contributed by atoms with E-state index in [1.54, 1.807) is 31.2 Å². The van der Waals surface area contributed by atoms with Crippen molar-refractivity contribution in [1.29, 1.82) is 0 Å². The van der Waals surface area contributed by atoms with E-state index in [0.717, 1.165) is 6.54 Å². The summed E-state index contributed by atoms with van der Waals surface area (Å²) in [5.41, 5.74) is 0.949. The van der Waals surface area contributed by atoms with Gasteiger partial charge in [-0.25, -0.2) is 8.42 Å². The Bertz CT molecular complexity index is 618. The van der Waals surface area contributed by atoms with Crippen LogP contribution in [0.4, 0.5) is 11.4 Å². The lowest BCUT2D eigenvalue weighted by Crippen LogP contribution is -2.45. The van der Waals surface area contributed by atoms with Gasteiger partial charge in [0.25, 0.3) is 5.91 Å². The fraction of sp³-hybridized carbons (Fsp3) is 0.500. The van der Waals surface area contributed by atoms with Crippen LogP contribution < -0.4 is 15.4 Å². The summed E-state index contributed by atoms with van der Waals surface area (Å²) < 4.78 is 31.4. The normalized spacial score (nSPS) is 17.9. The second kappa shape index (κ2) is 9.07. The van der Waals surface area contributed by atoms with E-state index in [9.17, 15) is 13.2 Å². The first-order valence-corrected chi connectivity index (χ1v) is 8.89. The minimum absolute atomic E-state index is 0. The molecule has 0 aliphatic carbocycles. The topological polar surface area (TPSA) is 96.5 Å². The van der Waals surface area contributed by atoms with Crippen LogP contribution >= 0.6 is 12.4 Å². The number of ether oxygens (including phenoxy) is 1. The van der Waals surface area contributed by atoms with Gasteiger partial charge < -0.3 is 15.4 Å². The van der Waals surface area contributed by atoms with Gasteiger partial charge >= 0.3 is 0 Å². The number of carbonyl (C=O) groups excluding carboxylic acids is 1. The Morgan fingerprint density at radius 3 is 2.78 bits per heavy atom. The molecule has 9 heteroatoms. The van der Waals surface area contributed by atoms with Crippen molar-refractivity contribution < 1.29 is 17.9 Å². The van der Waals surface area contributed by atoms with Crippen LogP contribution in [-0.4, -0.2) is 45.9 Å². The minimum Gasteiger partial charge on any atom is -0.366 e. The fourth-order valence-electron chi connectivity index (χ4n) is 2.12. The average molecular weight is 364 g/mol. The molecule has 0 spiro atoms. The van der Waals surface area contributed by atoms with E-state index in [4.69, 9.17) is 4.74 Å². The summed E-state index contributed by atoms with van der Waals surface area (Å²) in [5.74, 6) is -0.189. The number of hydrogen-bond donors (Lipinski definition) is 3. The van der Waals surface area contributed by atoms with E-state index < -0.39 is 16.1 Å². The number of benzene rings is 1. The molecule has 1 saturated heterocycles. The van der Waals surface area contributed by atoms with Crippen molar-refractivity contribution in [2.45, 2.75) is 19.4 Å². The van der Waals surface area contributed by atoms with Crippen LogP contribution in [0.2, 0.25) is 0 Å². The van der Waals surface area contributed by atoms with E-state index >= 15 is 0 Å². The SMILES string of the molecule is CCCS(=O)(=O)Nc1cccc(NC(=O)C2CNCCO2)c1.Cl. The van der Waals surface area contributed by atoms with Gasteiger partial charge in [0.15, 0.2) is 0 Å². The van der Waals surface area contributed by atoms with E-state index in [1.165, 1.54) is 0 Å². The predicted octanol–water partition coefficient (Wildman–Crippen LogP) is 1.19. The van der Waals surface area contributed by atoms with E-state index in [-0.39, 0.29) is 24.1 Å². The maximum Gasteiger partial charge on any atom is 0.254 e. The molecule has 1 atom stereocenters. The number of sulfonamides is 1. The minimum atomic E-state index is -3.35. The number of hydrogen-bond acceptors (Lipinski definition) is 5. The highest BCUT2D eigenvalue weighted by Crippen LogP contribution is 2.17. The summed E-state index contributed by atoms with van der Waals surface area (Å²) in [7, 11) is -3.35. The van der Waals surface area contributed by atoms with Crippen LogP contribution in [0.3, 0.4) is 0 Å². The Morgan fingerprint density at radius 2 is 2.13 bits per heavy atom. The molecular weight excluding hydrogens is 342 g/mol. The second-order valence-electron chi connectivity index (χ2n) is 5.05. The van der Waals surface area contributed by atoms with Gasteiger partial charge in [-0.05, 0) is 24.6 Å². The summed E-state index contributed by atoms with van der Waals surface area (Å²) in [4.78, 5) is 12.1. The van der Waals surface area contributed by atoms with Gasteiger partial charge in [0.05, 0.1) is 18.0 Å². The molecule has 0 radical (unpaired) electrons. The highest BCUT2D eigenvalue weighted by molar-refractivity contribution is 7.92. The number of rotatable bonds is 6. The molecule has 1 aromatic carbocycles. The quantitative estimate of drug-likeness (QED) is 0.705. The molecule has 1 aromatic rings. The zero-order valence-electron chi connectivity index (χ0n) is 12.9. The van der Waals surface area contributed by atoms with E-state index in [2.05, 4.69) is 15.4 Å². The molecule has 7 nitrogen and oxygen atoms in total. The van der Waals surface area contributed by atoms with Crippen LogP contribution in [-0.2, 0) is 19.6 Å². The lowest BCUT2D eigenvalue weighted by molar-refractivity contribution is -0.128. The molecule has 1 fully saturated rings. The zero-order valence-corrected chi connectivity index (χ0v) is 14.5. The fourth-order valence-corrected chi connectivity index (χ4v) is 3.24. The monoisotopic (exact) mass is 363 g/mol. The smallest absolute Gasteiger partial charge is 0.254 e. The van der Waals surface area contributed by atoms with Crippen molar-refractivity contribution in [3.05, 3.63) is 24.3 Å². The van der Waals surface area contributed by atoms with Gasteiger partial charge in [0.1, 0.15) is 6.10 Å². The third kappa shape index (κ3) is 6.34. The molecule has 0 aromatic heterocycles. The lowest BCUT2D eigenvalue weighted by Gasteiger charge is -2.22. The largest absolute Gasteiger partial charge is 0.366 e. The molecule has 0 bridgehead atoms. The Hall–Kier alpha value is -1.35. The van der Waals surface area contributed by atoms with Crippen molar-refractivity contribution in [3.63, 3.8) is 0 Å². The first kappa shape index (κ1) is 19.7. The van der Waals surface area contributed by atoms with Crippen LogP contribution in [0.1, 0.15) is 13.3 Å². The van der Waals surface area contributed by atoms with Crippen molar-refractivity contribution in [1.82, 2.24) is 5.32 Å². The molecule has 1 amide bonds. The Kier molecular flexibility index (Phi) is 7.77. The van der Waals surface area contributed by atoms with E-state index in [0.29, 0.717) is 30.9 Å². The molecule has 1 unspecified atom stereocenters. The second-order valence-corrected chi connectivity index (χ2v) is 6.90. The number of morpholine rings is 1. The molecule has 1 heterocycles.